The monoisotopic (exact) mass is 390 g/mol. The second-order valence-electron chi connectivity index (χ2n) is 7.09. The summed E-state index contributed by atoms with van der Waals surface area (Å²) in [6.07, 6.45) is 5.24. The summed E-state index contributed by atoms with van der Waals surface area (Å²) < 4.78 is 0. The molecule has 7 heteroatoms. The van der Waals surface area contributed by atoms with Crippen molar-refractivity contribution in [2.45, 2.75) is 25.3 Å². The van der Waals surface area contributed by atoms with E-state index in [9.17, 15) is 0 Å². The molecule has 1 saturated carbocycles. The summed E-state index contributed by atoms with van der Waals surface area (Å²) in [4.78, 5) is 9.60. The lowest BCUT2D eigenvalue weighted by molar-refractivity contribution is 0.444. The van der Waals surface area contributed by atoms with Gasteiger partial charge in [-0.25, -0.2) is 9.97 Å². The first-order valence-electron chi connectivity index (χ1n) is 9.31. The maximum absolute atomic E-state index is 6.48. The van der Waals surface area contributed by atoms with Gasteiger partial charge in [0.05, 0.1) is 28.1 Å². The van der Waals surface area contributed by atoms with Crippen LogP contribution in [-0.2, 0) is 0 Å². The number of H-pyrrole nitrogens is 1. The second-order valence-corrected chi connectivity index (χ2v) is 7.49. The third-order valence-electron chi connectivity index (χ3n) is 5.19. The number of nitrogen functional groups attached to an aromatic ring is 1. The van der Waals surface area contributed by atoms with Crippen molar-refractivity contribution in [2.24, 2.45) is 0 Å². The molecular formula is C21H19ClN6. The maximum atomic E-state index is 6.48. The van der Waals surface area contributed by atoms with Crippen LogP contribution in [-0.4, -0.2) is 26.2 Å². The molecule has 4 N–H and O–H groups in total. The number of hydrogen-bond donors (Lipinski definition) is 3. The number of benzene rings is 2. The van der Waals surface area contributed by atoms with E-state index in [0.29, 0.717) is 22.7 Å². The Morgan fingerprint density at radius 1 is 1.04 bits per heavy atom. The standard InChI is InChI=1S/C21H19ClN6/c22-16-10-13(9-14-11-24-28-17(14)16)19-18(12-5-2-1-3-6-12)26-20(23)21(27-19)25-15-7-4-8-15/h1-3,5-6,9-11,15H,4,7-8H2,(H2,23,26)(H,24,28)(H,25,27). The number of aromatic amines is 1. The van der Waals surface area contributed by atoms with Crippen molar-refractivity contribution in [1.82, 2.24) is 20.2 Å². The molecule has 1 aliphatic rings. The Bertz CT molecular complexity index is 1150. The smallest absolute Gasteiger partial charge is 0.169 e. The molecule has 0 amide bonds. The van der Waals surface area contributed by atoms with E-state index in [1.165, 1.54) is 6.42 Å². The SMILES string of the molecule is Nc1nc(-c2ccccc2)c(-c2cc(Cl)c3[nH]ncc3c2)nc1NC1CCC1. The molecule has 2 aromatic heterocycles. The van der Waals surface area contributed by atoms with Crippen LogP contribution in [0.2, 0.25) is 5.02 Å². The van der Waals surface area contributed by atoms with Crippen molar-refractivity contribution in [2.75, 3.05) is 11.1 Å². The number of aromatic nitrogens is 4. The summed E-state index contributed by atoms with van der Waals surface area (Å²) in [5.74, 6) is 1.03. The lowest BCUT2D eigenvalue weighted by Crippen LogP contribution is -2.28. The molecule has 0 atom stereocenters. The zero-order valence-corrected chi connectivity index (χ0v) is 15.9. The summed E-state index contributed by atoms with van der Waals surface area (Å²) in [6.45, 7) is 0. The summed E-state index contributed by atoms with van der Waals surface area (Å²) in [7, 11) is 0. The highest BCUT2D eigenvalue weighted by atomic mass is 35.5. The van der Waals surface area contributed by atoms with E-state index in [0.717, 1.165) is 46.3 Å². The minimum Gasteiger partial charge on any atom is -0.381 e. The van der Waals surface area contributed by atoms with Gasteiger partial charge in [-0.05, 0) is 31.4 Å². The molecule has 140 valence electrons. The molecule has 4 aromatic rings. The molecule has 0 radical (unpaired) electrons. The van der Waals surface area contributed by atoms with E-state index in [1.807, 2.05) is 42.5 Å². The molecule has 2 aromatic carbocycles. The topological polar surface area (TPSA) is 92.5 Å². The third kappa shape index (κ3) is 2.96. The van der Waals surface area contributed by atoms with Crippen LogP contribution >= 0.6 is 11.6 Å². The number of nitrogens with two attached hydrogens (primary N) is 1. The summed E-state index contributed by atoms with van der Waals surface area (Å²) in [6, 6.07) is 14.3. The van der Waals surface area contributed by atoms with Crippen molar-refractivity contribution in [3.63, 3.8) is 0 Å². The van der Waals surface area contributed by atoms with E-state index < -0.39 is 0 Å². The average molecular weight is 391 g/mol. The fourth-order valence-electron chi connectivity index (χ4n) is 3.45. The third-order valence-corrected chi connectivity index (χ3v) is 5.49. The molecule has 0 bridgehead atoms. The van der Waals surface area contributed by atoms with Crippen LogP contribution in [0.3, 0.4) is 0 Å². The number of anilines is 2. The molecule has 0 aliphatic heterocycles. The van der Waals surface area contributed by atoms with Gasteiger partial charge in [-0.1, -0.05) is 41.9 Å². The highest BCUT2D eigenvalue weighted by molar-refractivity contribution is 6.35. The van der Waals surface area contributed by atoms with Crippen molar-refractivity contribution < 1.29 is 0 Å². The molecule has 28 heavy (non-hydrogen) atoms. The Morgan fingerprint density at radius 3 is 2.57 bits per heavy atom. The molecule has 0 saturated heterocycles. The summed E-state index contributed by atoms with van der Waals surface area (Å²) in [5.41, 5.74) is 10.4. The number of rotatable bonds is 4. The van der Waals surface area contributed by atoms with Crippen molar-refractivity contribution in [1.29, 1.82) is 0 Å². The van der Waals surface area contributed by atoms with Gasteiger partial charge in [0, 0.05) is 22.6 Å². The molecule has 6 nitrogen and oxygen atoms in total. The number of hydrogen-bond acceptors (Lipinski definition) is 5. The number of halogens is 1. The molecule has 2 heterocycles. The van der Waals surface area contributed by atoms with E-state index in [1.54, 1.807) is 6.20 Å². The van der Waals surface area contributed by atoms with Gasteiger partial charge in [-0.3, -0.25) is 5.10 Å². The Morgan fingerprint density at radius 2 is 1.82 bits per heavy atom. The van der Waals surface area contributed by atoms with Gasteiger partial charge >= 0.3 is 0 Å². The van der Waals surface area contributed by atoms with Gasteiger partial charge in [0.15, 0.2) is 11.6 Å². The van der Waals surface area contributed by atoms with Gasteiger partial charge in [0.2, 0.25) is 0 Å². The Balaban J connectivity index is 1.71. The van der Waals surface area contributed by atoms with Crippen LogP contribution in [0.15, 0.2) is 48.7 Å². The molecule has 0 unspecified atom stereocenters. The highest BCUT2D eigenvalue weighted by Crippen LogP contribution is 2.36. The Kier molecular flexibility index (Phi) is 4.13. The van der Waals surface area contributed by atoms with E-state index >= 15 is 0 Å². The van der Waals surface area contributed by atoms with Crippen molar-refractivity contribution >= 4 is 34.1 Å². The second kappa shape index (κ2) is 6.80. The molecule has 1 fully saturated rings. The minimum absolute atomic E-state index is 0.407. The first-order chi connectivity index (χ1) is 13.7. The molecular weight excluding hydrogens is 372 g/mol. The van der Waals surface area contributed by atoms with Crippen molar-refractivity contribution in [3.8, 4) is 22.5 Å². The predicted octanol–water partition coefficient (Wildman–Crippen LogP) is 4.89. The van der Waals surface area contributed by atoms with Crippen LogP contribution in [0.25, 0.3) is 33.4 Å². The Labute approximate surface area is 167 Å². The number of nitrogens with one attached hydrogen (secondary N) is 2. The highest BCUT2D eigenvalue weighted by Gasteiger charge is 2.22. The van der Waals surface area contributed by atoms with Crippen molar-refractivity contribution in [3.05, 3.63) is 53.7 Å². The summed E-state index contributed by atoms with van der Waals surface area (Å²) >= 11 is 6.48. The average Bonchev–Trinajstić information content (AvgIpc) is 3.15. The van der Waals surface area contributed by atoms with Gasteiger partial charge in [-0.15, -0.1) is 0 Å². The van der Waals surface area contributed by atoms with E-state index in [-0.39, 0.29) is 0 Å². The zero-order valence-electron chi connectivity index (χ0n) is 15.1. The van der Waals surface area contributed by atoms with Crippen LogP contribution in [0.4, 0.5) is 11.6 Å². The molecule has 0 spiro atoms. The number of nitrogens with zero attached hydrogens (tertiary/aromatic N) is 3. The Hall–Kier alpha value is -3.12. The fourth-order valence-corrected chi connectivity index (χ4v) is 3.72. The maximum Gasteiger partial charge on any atom is 0.169 e. The van der Waals surface area contributed by atoms with Gasteiger partial charge in [-0.2, -0.15) is 5.10 Å². The van der Waals surface area contributed by atoms with Crippen LogP contribution in [0.1, 0.15) is 19.3 Å². The molecule has 5 rings (SSSR count). The van der Waals surface area contributed by atoms with Crippen LogP contribution in [0, 0.1) is 0 Å². The van der Waals surface area contributed by atoms with Gasteiger partial charge < -0.3 is 11.1 Å². The lowest BCUT2D eigenvalue weighted by atomic mass is 9.93. The first-order valence-corrected chi connectivity index (χ1v) is 9.69. The predicted molar refractivity (Wildman–Crippen MR) is 113 cm³/mol. The van der Waals surface area contributed by atoms with Gasteiger partial charge in [0.25, 0.3) is 0 Å². The zero-order chi connectivity index (χ0) is 19.1. The van der Waals surface area contributed by atoms with E-state index in [4.69, 9.17) is 27.3 Å². The quantitative estimate of drug-likeness (QED) is 0.461. The summed E-state index contributed by atoms with van der Waals surface area (Å²) in [5, 5.41) is 12.0. The lowest BCUT2D eigenvalue weighted by Gasteiger charge is -2.27. The minimum atomic E-state index is 0.407. The van der Waals surface area contributed by atoms with E-state index in [2.05, 4.69) is 15.5 Å². The van der Waals surface area contributed by atoms with Gasteiger partial charge in [0.1, 0.15) is 0 Å². The first kappa shape index (κ1) is 17.0. The number of fused-ring (bicyclic) bond motifs is 1. The van der Waals surface area contributed by atoms with Crippen LogP contribution in [0.5, 0.6) is 0 Å². The molecule has 1 aliphatic carbocycles. The normalized spacial score (nSPS) is 14.2. The van der Waals surface area contributed by atoms with Crippen LogP contribution < -0.4 is 11.1 Å². The largest absolute Gasteiger partial charge is 0.381 e. The fraction of sp³-hybridized carbons (Fsp3) is 0.190.